The maximum absolute atomic E-state index is 12.0. The van der Waals surface area contributed by atoms with Gasteiger partial charge >= 0.3 is 0 Å². The number of aromatic nitrogens is 4. The number of aryl methyl sites for hydroxylation is 1. The van der Waals surface area contributed by atoms with Crippen LogP contribution in [0.5, 0.6) is 0 Å². The number of nitrogens with zero attached hydrogens (tertiary/aromatic N) is 4. The number of hydrogen-bond acceptors (Lipinski definition) is 4. The van der Waals surface area contributed by atoms with E-state index in [0.29, 0.717) is 10.7 Å². The molecule has 0 saturated carbocycles. The molecule has 0 radical (unpaired) electrons. The van der Waals surface area contributed by atoms with E-state index in [1.54, 1.807) is 22.9 Å². The molecule has 0 bridgehead atoms. The number of halogens is 1. The van der Waals surface area contributed by atoms with Gasteiger partial charge < -0.3 is 0 Å². The summed E-state index contributed by atoms with van der Waals surface area (Å²) in [7, 11) is -3.33. The molecule has 6 nitrogen and oxygen atoms in total. The van der Waals surface area contributed by atoms with Gasteiger partial charge in [0.1, 0.15) is 0 Å². The van der Waals surface area contributed by atoms with E-state index >= 15 is 0 Å². The summed E-state index contributed by atoms with van der Waals surface area (Å²) in [5, 5.41) is 11.0. The SMILES string of the molecule is CCc1ccn(C(C)c2nn(-c3cccc(S(C)(=O)=O)c3)c3cc(Cl)ccc23)n1. The Hall–Kier alpha value is -2.64. The number of sulfone groups is 1. The first-order valence-corrected chi connectivity index (χ1v) is 11.6. The van der Waals surface area contributed by atoms with Crippen LogP contribution in [0, 0.1) is 0 Å². The van der Waals surface area contributed by atoms with E-state index in [2.05, 4.69) is 12.0 Å². The highest BCUT2D eigenvalue weighted by Gasteiger charge is 2.20. The Bertz CT molecular complexity index is 1310. The fourth-order valence-electron chi connectivity index (χ4n) is 3.37. The smallest absolute Gasteiger partial charge is 0.175 e. The molecule has 2 heterocycles. The summed E-state index contributed by atoms with van der Waals surface area (Å²) >= 11 is 6.26. The van der Waals surface area contributed by atoms with Crippen LogP contribution >= 0.6 is 11.6 Å². The Kier molecular flexibility index (Phi) is 4.96. The molecule has 0 N–H and O–H groups in total. The van der Waals surface area contributed by atoms with Crippen LogP contribution in [0.25, 0.3) is 16.6 Å². The minimum atomic E-state index is -3.33. The summed E-state index contributed by atoms with van der Waals surface area (Å²) in [5.74, 6) is 0. The standard InChI is InChI=1S/C21H21ClN4O2S/c1-4-16-10-11-25(23-16)14(2)21-19-9-8-15(22)12-20(19)26(24-21)17-6-5-7-18(13-17)29(3,27)28/h5-14H,4H2,1-3H3. The number of hydrogen-bond donors (Lipinski definition) is 0. The highest BCUT2D eigenvalue weighted by atomic mass is 35.5. The molecule has 0 aliphatic rings. The normalized spacial score (nSPS) is 13.1. The Morgan fingerprint density at radius 3 is 2.59 bits per heavy atom. The van der Waals surface area contributed by atoms with Crippen molar-refractivity contribution in [1.29, 1.82) is 0 Å². The van der Waals surface area contributed by atoms with Crippen molar-refractivity contribution < 1.29 is 8.42 Å². The van der Waals surface area contributed by atoms with E-state index in [0.717, 1.165) is 28.7 Å². The topological polar surface area (TPSA) is 69.8 Å². The van der Waals surface area contributed by atoms with E-state index in [-0.39, 0.29) is 10.9 Å². The lowest BCUT2D eigenvalue weighted by Gasteiger charge is -2.10. The molecule has 0 aliphatic carbocycles. The van der Waals surface area contributed by atoms with E-state index < -0.39 is 9.84 Å². The van der Waals surface area contributed by atoms with Gasteiger partial charge in [-0.05, 0) is 55.8 Å². The third-order valence-corrected chi connectivity index (χ3v) is 6.33. The summed E-state index contributed by atoms with van der Waals surface area (Å²) in [6.45, 7) is 4.11. The van der Waals surface area contributed by atoms with Gasteiger partial charge in [-0.25, -0.2) is 13.1 Å². The summed E-state index contributed by atoms with van der Waals surface area (Å²) in [6, 6.07) is 14.3. The number of rotatable bonds is 5. The lowest BCUT2D eigenvalue weighted by atomic mass is 10.1. The monoisotopic (exact) mass is 428 g/mol. The molecule has 0 amide bonds. The van der Waals surface area contributed by atoms with Crippen LogP contribution in [0.2, 0.25) is 5.02 Å². The van der Waals surface area contributed by atoms with Crippen LogP contribution in [-0.4, -0.2) is 34.2 Å². The van der Waals surface area contributed by atoms with Crippen molar-refractivity contribution in [2.24, 2.45) is 0 Å². The number of benzene rings is 2. The molecule has 0 spiro atoms. The maximum atomic E-state index is 12.0. The third kappa shape index (κ3) is 3.68. The van der Waals surface area contributed by atoms with Crippen LogP contribution in [0.4, 0.5) is 0 Å². The zero-order chi connectivity index (χ0) is 20.8. The van der Waals surface area contributed by atoms with Gasteiger partial charge in [-0.2, -0.15) is 10.2 Å². The summed E-state index contributed by atoms with van der Waals surface area (Å²) in [4.78, 5) is 0.245. The van der Waals surface area contributed by atoms with Crippen molar-refractivity contribution in [2.75, 3.05) is 6.26 Å². The van der Waals surface area contributed by atoms with Crippen molar-refractivity contribution in [2.45, 2.75) is 31.2 Å². The predicted molar refractivity (Wildman–Crippen MR) is 115 cm³/mol. The van der Waals surface area contributed by atoms with Crippen LogP contribution < -0.4 is 0 Å². The molecular weight excluding hydrogens is 408 g/mol. The summed E-state index contributed by atoms with van der Waals surface area (Å²) in [5.41, 5.74) is 3.33. The summed E-state index contributed by atoms with van der Waals surface area (Å²) < 4.78 is 27.6. The highest BCUT2D eigenvalue weighted by molar-refractivity contribution is 7.90. The van der Waals surface area contributed by atoms with Crippen LogP contribution in [0.15, 0.2) is 59.6 Å². The van der Waals surface area contributed by atoms with Gasteiger partial charge in [-0.1, -0.05) is 24.6 Å². The Labute approximate surface area is 174 Å². The van der Waals surface area contributed by atoms with Crippen molar-refractivity contribution in [1.82, 2.24) is 19.6 Å². The molecule has 0 aliphatic heterocycles. The fourth-order valence-corrected chi connectivity index (χ4v) is 4.20. The first-order chi connectivity index (χ1) is 13.8. The van der Waals surface area contributed by atoms with Gasteiger partial charge in [0.25, 0.3) is 0 Å². The zero-order valence-electron chi connectivity index (χ0n) is 16.4. The molecule has 1 unspecified atom stereocenters. The first-order valence-electron chi connectivity index (χ1n) is 9.30. The first kappa shape index (κ1) is 19.7. The maximum Gasteiger partial charge on any atom is 0.175 e. The molecule has 2 aromatic carbocycles. The van der Waals surface area contributed by atoms with Gasteiger partial charge in [-0.15, -0.1) is 0 Å². The molecule has 0 fully saturated rings. The second kappa shape index (κ2) is 7.31. The molecular formula is C21H21ClN4O2S. The number of fused-ring (bicyclic) bond motifs is 1. The van der Waals surface area contributed by atoms with Gasteiger partial charge in [0.15, 0.2) is 9.84 Å². The minimum absolute atomic E-state index is 0.0988. The molecule has 150 valence electrons. The van der Waals surface area contributed by atoms with E-state index in [1.807, 2.05) is 48.1 Å². The van der Waals surface area contributed by atoms with Crippen LogP contribution in [0.1, 0.15) is 31.3 Å². The average Bonchev–Trinajstić information content (AvgIpc) is 3.31. The largest absolute Gasteiger partial charge is 0.264 e. The van der Waals surface area contributed by atoms with E-state index in [4.69, 9.17) is 16.7 Å². The zero-order valence-corrected chi connectivity index (χ0v) is 17.9. The fraction of sp³-hybridized carbons (Fsp3) is 0.238. The Morgan fingerprint density at radius 1 is 1.10 bits per heavy atom. The van der Waals surface area contributed by atoms with Gasteiger partial charge in [-0.3, -0.25) is 4.68 Å². The van der Waals surface area contributed by atoms with Crippen molar-refractivity contribution in [3.8, 4) is 5.69 Å². The van der Waals surface area contributed by atoms with E-state index in [9.17, 15) is 8.42 Å². The van der Waals surface area contributed by atoms with Gasteiger partial charge in [0.05, 0.1) is 33.5 Å². The molecule has 0 saturated heterocycles. The van der Waals surface area contributed by atoms with Gasteiger partial charge in [0, 0.05) is 22.9 Å². The Morgan fingerprint density at radius 2 is 1.90 bits per heavy atom. The molecule has 2 aromatic heterocycles. The lowest BCUT2D eigenvalue weighted by molar-refractivity contribution is 0.543. The van der Waals surface area contributed by atoms with Gasteiger partial charge in [0.2, 0.25) is 0 Å². The second-order valence-electron chi connectivity index (χ2n) is 7.04. The quantitative estimate of drug-likeness (QED) is 0.470. The molecule has 1 atom stereocenters. The predicted octanol–water partition coefficient (Wildman–Crippen LogP) is 4.45. The van der Waals surface area contributed by atoms with Crippen molar-refractivity contribution in [3.05, 3.63) is 71.1 Å². The average molecular weight is 429 g/mol. The lowest BCUT2D eigenvalue weighted by Crippen LogP contribution is -2.09. The van der Waals surface area contributed by atoms with Crippen molar-refractivity contribution >= 4 is 32.3 Å². The summed E-state index contributed by atoms with van der Waals surface area (Å²) in [6.07, 6.45) is 4.01. The van der Waals surface area contributed by atoms with Crippen LogP contribution in [0.3, 0.4) is 0 Å². The third-order valence-electron chi connectivity index (χ3n) is 4.98. The molecule has 29 heavy (non-hydrogen) atoms. The molecule has 8 heteroatoms. The highest BCUT2D eigenvalue weighted by Crippen LogP contribution is 2.30. The van der Waals surface area contributed by atoms with Crippen molar-refractivity contribution in [3.63, 3.8) is 0 Å². The molecule has 4 rings (SSSR count). The van der Waals surface area contributed by atoms with Crippen LogP contribution in [-0.2, 0) is 16.3 Å². The Balaban J connectivity index is 1.91. The molecule has 4 aromatic rings. The second-order valence-corrected chi connectivity index (χ2v) is 9.50. The minimum Gasteiger partial charge on any atom is -0.264 e. The van der Waals surface area contributed by atoms with E-state index in [1.165, 1.54) is 6.26 Å².